The maximum absolute atomic E-state index is 13.6. The van der Waals surface area contributed by atoms with Gasteiger partial charge in [-0.05, 0) is 48.0 Å². The molecule has 0 spiro atoms. The van der Waals surface area contributed by atoms with Crippen LogP contribution in [0.1, 0.15) is 5.56 Å². The van der Waals surface area contributed by atoms with E-state index in [9.17, 15) is 9.18 Å². The van der Waals surface area contributed by atoms with Crippen molar-refractivity contribution in [3.63, 3.8) is 0 Å². The van der Waals surface area contributed by atoms with Gasteiger partial charge in [0.2, 0.25) is 5.91 Å². The number of nitrogens with one attached hydrogen (secondary N) is 1. The quantitative estimate of drug-likeness (QED) is 0.835. The Bertz CT molecular complexity index is 784. The number of methoxy groups -OCH3 is 1. The highest BCUT2D eigenvalue weighted by Crippen LogP contribution is 2.20. The fourth-order valence-corrected chi connectivity index (χ4v) is 2.72. The first-order valence-electron chi connectivity index (χ1n) is 8.41. The molecule has 0 aromatic heterocycles. The van der Waals surface area contributed by atoms with Gasteiger partial charge in [-0.3, -0.25) is 4.79 Å². The van der Waals surface area contributed by atoms with E-state index in [1.165, 1.54) is 25.3 Å². The van der Waals surface area contributed by atoms with Crippen molar-refractivity contribution in [3.05, 3.63) is 59.9 Å². The van der Waals surface area contributed by atoms with Crippen molar-refractivity contribution < 1.29 is 18.7 Å². The van der Waals surface area contributed by atoms with Crippen molar-refractivity contribution in [2.45, 2.75) is 0 Å². The summed E-state index contributed by atoms with van der Waals surface area (Å²) in [4.78, 5) is 14.3. The minimum atomic E-state index is -0.464. The third kappa shape index (κ3) is 4.61. The number of carbonyl (C=O) groups excluding carboxylic acids is 1. The molecule has 1 aliphatic rings. The predicted octanol–water partition coefficient (Wildman–Crippen LogP) is 3.32. The van der Waals surface area contributed by atoms with Crippen molar-refractivity contribution in [2.75, 3.05) is 43.6 Å². The molecule has 1 saturated heterocycles. The average Bonchev–Trinajstić information content (AvgIpc) is 2.68. The van der Waals surface area contributed by atoms with Crippen LogP contribution in [-0.4, -0.2) is 39.3 Å². The van der Waals surface area contributed by atoms with Crippen LogP contribution in [0.2, 0.25) is 0 Å². The fraction of sp³-hybridized carbons (Fsp3) is 0.250. The predicted molar refractivity (Wildman–Crippen MR) is 100 cm³/mol. The van der Waals surface area contributed by atoms with Crippen molar-refractivity contribution in [1.29, 1.82) is 0 Å². The lowest BCUT2D eigenvalue weighted by molar-refractivity contribution is -0.111. The van der Waals surface area contributed by atoms with Crippen molar-refractivity contribution in [3.8, 4) is 5.75 Å². The second-order valence-electron chi connectivity index (χ2n) is 5.86. The molecule has 1 N–H and O–H groups in total. The highest BCUT2D eigenvalue weighted by atomic mass is 19.1. The molecule has 26 heavy (non-hydrogen) atoms. The molecule has 1 aliphatic heterocycles. The standard InChI is InChI=1S/C20H21FN2O3/c1-25-19-8-2-15(14-18(19)21)3-9-20(24)22-16-4-6-17(7-5-16)23-10-12-26-13-11-23/h2-9,14H,10-13H2,1H3,(H,22,24). The largest absolute Gasteiger partial charge is 0.494 e. The molecule has 2 aromatic rings. The number of anilines is 2. The summed E-state index contributed by atoms with van der Waals surface area (Å²) in [5, 5.41) is 2.79. The molecule has 6 heteroatoms. The number of amides is 1. The Morgan fingerprint density at radius 3 is 2.58 bits per heavy atom. The molecule has 0 aliphatic carbocycles. The summed E-state index contributed by atoms with van der Waals surface area (Å²) in [6.07, 6.45) is 2.93. The van der Waals surface area contributed by atoms with Crippen LogP contribution in [0.3, 0.4) is 0 Å². The van der Waals surface area contributed by atoms with Crippen LogP contribution < -0.4 is 15.0 Å². The second kappa shape index (κ2) is 8.49. The van der Waals surface area contributed by atoms with E-state index in [0.29, 0.717) is 11.3 Å². The van der Waals surface area contributed by atoms with Crippen LogP contribution in [0.15, 0.2) is 48.5 Å². The lowest BCUT2D eigenvalue weighted by Crippen LogP contribution is -2.36. The number of hydrogen-bond donors (Lipinski definition) is 1. The SMILES string of the molecule is COc1ccc(C=CC(=O)Nc2ccc(N3CCOCC3)cc2)cc1F. The summed E-state index contributed by atoms with van der Waals surface area (Å²) in [5.41, 5.74) is 2.40. The molecular formula is C20H21FN2O3. The van der Waals surface area contributed by atoms with Gasteiger partial charge in [-0.2, -0.15) is 0 Å². The Balaban J connectivity index is 1.58. The Morgan fingerprint density at radius 1 is 1.19 bits per heavy atom. The molecule has 1 fully saturated rings. The van der Waals surface area contributed by atoms with E-state index in [4.69, 9.17) is 9.47 Å². The lowest BCUT2D eigenvalue weighted by atomic mass is 10.2. The molecule has 1 amide bonds. The van der Waals surface area contributed by atoms with Crippen LogP contribution in [0.4, 0.5) is 15.8 Å². The van der Waals surface area contributed by atoms with E-state index >= 15 is 0 Å². The van der Waals surface area contributed by atoms with E-state index in [1.54, 1.807) is 12.1 Å². The molecule has 2 aromatic carbocycles. The molecule has 0 bridgehead atoms. The maximum Gasteiger partial charge on any atom is 0.248 e. The van der Waals surface area contributed by atoms with Gasteiger partial charge in [0.25, 0.3) is 0 Å². The van der Waals surface area contributed by atoms with Crippen LogP contribution in [0.5, 0.6) is 5.75 Å². The zero-order valence-electron chi connectivity index (χ0n) is 14.6. The zero-order valence-corrected chi connectivity index (χ0v) is 14.6. The number of morpholine rings is 1. The van der Waals surface area contributed by atoms with Crippen LogP contribution in [-0.2, 0) is 9.53 Å². The molecule has 5 nitrogen and oxygen atoms in total. The van der Waals surface area contributed by atoms with Crippen LogP contribution >= 0.6 is 0 Å². The molecular weight excluding hydrogens is 335 g/mol. The van der Waals surface area contributed by atoms with Gasteiger partial charge in [0.1, 0.15) is 0 Å². The van der Waals surface area contributed by atoms with Crippen molar-refractivity contribution >= 4 is 23.4 Å². The second-order valence-corrected chi connectivity index (χ2v) is 5.86. The highest BCUT2D eigenvalue weighted by molar-refractivity contribution is 6.02. The van der Waals surface area contributed by atoms with Crippen molar-refractivity contribution in [2.24, 2.45) is 0 Å². The zero-order chi connectivity index (χ0) is 18.4. The smallest absolute Gasteiger partial charge is 0.248 e. The first kappa shape index (κ1) is 17.9. The summed E-state index contributed by atoms with van der Waals surface area (Å²) in [7, 11) is 1.41. The lowest BCUT2D eigenvalue weighted by Gasteiger charge is -2.28. The fourth-order valence-electron chi connectivity index (χ4n) is 2.72. The normalized spacial score (nSPS) is 14.5. The Hall–Kier alpha value is -2.86. The Morgan fingerprint density at radius 2 is 1.92 bits per heavy atom. The van der Waals surface area contributed by atoms with Crippen LogP contribution in [0, 0.1) is 5.82 Å². The van der Waals surface area contributed by atoms with E-state index in [1.807, 2.05) is 24.3 Å². The third-order valence-electron chi connectivity index (χ3n) is 4.11. The Labute approximate surface area is 152 Å². The molecule has 1 heterocycles. The summed E-state index contributed by atoms with van der Waals surface area (Å²) in [5.74, 6) is -0.568. The average molecular weight is 356 g/mol. The number of hydrogen-bond acceptors (Lipinski definition) is 4. The van der Waals surface area contributed by atoms with E-state index < -0.39 is 5.82 Å². The summed E-state index contributed by atoms with van der Waals surface area (Å²) >= 11 is 0. The number of halogens is 1. The molecule has 3 rings (SSSR count). The third-order valence-corrected chi connectivity index (χ3v) is 4.11. The van der Waals surface area contributed by atoms with E-state index in [0.717, 1.165) is 32.0 Å². The van der Waals surface area contributed by atoms with Crippen molar-refractivity contribution in [1.82, 2.24) is 0 Å². The number of benzene rings is 2. The summed E-state index contributed by atoms with van der Waals surface area (Å²) in [6, 6.07) is 12.2. The minimum Gasteiger partial charge on any atom is -0.494 e. The highest BCUT2D eigenvalue weighted by Gasteiger charge is 2.11. The van der Waals surface area contributed by atoms with Gasteiger partial charge in [-0.25, -0.2) is 4.39 Å². The van der Waals surface area contributed by atoms with Gasteiger partial charge in [0.05, 0.1) is 20.3 Å². The maximum atomic E-state index is 13.6. The molecule has 0 atom stereocenters. The molecule has 0 saturated carbocycles. The minimum absolute atomic E-state index is 0.173. The monoisotopic (exact) mass is 356 g/mol. The first-order chi connectivity index (χ1) is 12.7. The summed E-state index contributed by atoms with van der Waals surface area (Å²) < 4.78 is 23.9. The number of rotatable bonds is 5. The van der Waals surface area contributed by atoms with Gasteiger partial charge in [0, 0.05) is 30.5 Å². The van der Waals surface area contributed by atoms with E-state index in [2.05, 4.69) is 10.2 Å². The Kier molecular flexibility index (Phi) is 5.86. The molecule has 0 radical (unpaired) electrons. The first-order valence-corrected chi connectivity index (χ1v) is 8.41. The summed E-state index contributed by atoms with van der Waals surface area (Å²) in [6.45, 7) is 3.20. The number of carbonyl (C=O) groups is 1. The van der Waals surface area contributed by atoms with E-state index in [-0.39, 0.29) is 11.7 Å². The molecule has 0 unspecified atom stereocenters. The molecule has 136 valence electrons. The van der Waals surface area contributed by atoms with Crippen LogP contribution in [0.25, 0.3) is 6.08 Å². The van der Waals surface area contributed by atoms with Gasteiger partial charge < -0.3 is 19.7 Å². The van der Waals surface area contributed by atoms with Gasteiger partial charge in [0.15, 0.2) is 11.6 Å². The van der Waals surface area contributed by atoms with Gasteiger partial charge >= 0.3 is 0 Å². The number of ether oxygens (including phenoxy) is 2. The van der Waals surface area contributed by atoms with Gasteiger partial charge in [-0.1, -0.05) is 6.07 Å². The topological polar surface area (TPSA) is 50.8 Å². The van der Waals surface area contributed by atoms with Gasteiger partial charge in [-0.15, -0.1) is 0 Å². The number of nitrogens with zero attached hydrogens (tertiary/aromatic N) is 1.